The Morgan fingerprint density at radius 2 is 2.06 bits per heavy atom. The zero-order chi connectivity index (χ0) is 12.7. The molecule has 0 aromatic heterocycles. The summed E-state index contributed by atoms with van der Waals surface area (Å²) in [4.78, 5) is 2.67. The highest BCUT2D eigenvalue weighted by Crippen LogP contribution is 2.24. The Balaban J connectivity index is 2.11. The van der Waals surface area contributed by atoms with Crippen molar-refractivity contribution in [3.05, 3.63) is 0 Å². The van der Waals surface area contributed by atoms with E-state index in [-0.39, 0.29) is 0 Å². The van der Waals surface area contributed by atoms with Gasteiger partial charge in [-0.2, -0.15) is 0 Å². The summed E-state index contributed by atoms with van der Waals surface area (Å²) in [6, 6.07) is 0. The van der Waals surface area contributed by atoms with Gasteiger partial charge in [-0.1, -0.05) is 27.2 Å². The van der Waals surface area contributed by atoms with Crippen molar-refractivity contribution in [2.45, 2.75) is 52.9 Å². The van der Waals surface area contributed by atoms with E-state index in [1.54, 1.807) is 0 Å². The number of likely N-dealkylation sites (tertiary alicyclic amines) is 1. The van der Waals surface area contributed by atoms with Gasteiger partial charge in [0.25, 0.3) is 0 Å². The van der Waals surface area contributed by atoms with Gasteiger partial charge in [0.2, 0.25) is 0 Å². The third kappa shape index (κ3) is 5.39. The van der Waals surface area contributed by atoms with Crippen LogP contribution in [0.5, 0.6) is 0 Å². The number of hydrogen-bond acceptors (Lipinski definition) is 2. The summed E-state index contributed by atoms with van der Waals surface area (Å²) in [5.41, 5.74) is 5.64. The molecule has 0 aromatic rings. The molecule has 2 nitrogen and oxygen atoms in total. The highest BCUT2D eigenvalue weighted by atomic mass is 15.1. The highest BCUT2D eigenvalue weighted by Gasteiger charge is 2.24. The van der Waals surface area contributed by atoms with E-state index in [0.29, 0.717) is 0 Å². The van der Waals surface area contributed by atoms with E-state index in [1.807, 2.05) is 0 Å². The molecular weight excluding hydrogens is 208 g/mol. The van der Waals surface area contributed by atoms with Crippen LogP contribution in [0.4, 0.5) is 0 Å². The van der Waals surface area contributed by atoms with E-state index in [9.17, 15) is 0 Å². The lowest BCUT2D eigenvalue weighted by Crippen LogP contribution is -2.23. The first-order chi connectivity index (χ1) is 8.17. The van der Waals surface area contributed by atoms with E-state index in [0.717, 1.165) is 24.3 Å². The fraction of sp³-hybridized carbons (Fsp3) is 1.00. The van der Waals surface area contributed by atoms with Crippen molar-refractivity contribution in [3.63, 3.8) is 0 Å². The fourth-order valence-electron chi connectivity index (χ4n) is 3.00. The number of hydrogen-bond donors (Lipinski definition) is 1. The molecule has 2 atom stereocenters. The molecular formula is C15H32N2. The highest BCUT2D eigenvalue weighted by molar-refractivity contribution is 4.77. The van der Waals surface area contributed by atoms with Crippen molar-refractivity contribution in [2.24, 2.45) is 23.5 Å². The molecule has 2 N–H and O–H groups in total. The van der Waals surface area contributed by atoms with Gasteiger partial charge in [0.15, 0.2) is 0 Å². The molecule has 0 radical (unpaired) electrons. The molecule has 2 heteroatoms. The van der Waals surface area contributed by atoms with E-state index in [2.05, 4.69) is 25.7 Å². The predicted octanol–water partition coefficient (Wildman–Crippen LogP) is 3.12. The Hall–Kier alpha value is -0.0800. The standard InChI is InChI=1S/C15H32N2/c1-4-14(7-9-16)6-5-10-17-11-8-15(12-17)13(2)3/h13-15H,4-12,16H2,1-3H3. The van der Waals surface area contributed by atoms with E-state index in [4.69, 9.17) is 5.73 Å². The normalized spacial score (nSPS) is 23.5. The Morgan fingerprint density at radius 3 is 2.59 bits per heavy atom. The molecule has 1 aliphatic heterocycles. The largest absolute Gasteiger partial charge is 0.330 e. The smallest absolute Gasteiger partial charge is 0.00126 e. The van der Waals surface area contributed by atoms with Crippen LogP contribution >= 0.6 is 0 Å². The summed E-state index contributed by atoms with van der Waals surface area (Å²) in [5, 5.41) is 0. The van der Waals surface area contributed by atoms with Crippen LogP contribution in [-0.4, -0.2) is 31.1 Å². The van der Waals surface area contributed by atoms with Gasteiger partial charge in [-0.15, -0.1) is 0 Å². The second-order valence-electron chi connectivity index (χ2n) is 6.09. The average molecular weight is 240 g/mol. The van der Waals surface area contributed by atoms with Crippen molar-refractivity contribution in [1.29, 1.82) is 0 Å². The van der Waals surface area contributed by atoms with Crippen LogP contribution in [0.15, 0.2) is 0 Å². The molecule has 1 aliphatic rings. The minimum atomic E-state index is 0.859. The van der Waals surface area contributed by atoms with E-state index < -0.39 is 0 Å². The van der Waals surface area contributed by atoms with Gasteiger partial charge in [-0.05, 0) is 63.1 Å². The number of nitrogens with zero attached hydrogens (tertiary/aromatic N) is 1. The third-order valence-electron chi connectivity index (χ3n) is 4.49. The van der Waals surface area contributed by atoms with Crippen LogP contribution in [0.25, 0.3) is 0 Å². The second-order valence-corrected chi connectivity index (χ2v) is 6.09. The monoisotopic (exact) mass is 240 g/mol. The Kier molecular flexibility index (Phi) is 7.14. The lowest BCUT2D eigenvalue weighted by Gasteiger charge is -2.19. The summed E-state index contributed by atoms with van der Waals surface area (Å²) in [7, 11) is 0. The topological polar surface area (TPSA) is 29.3 Å². The van der Waals surface area contributed by atoms with Crippen molar-refractivity contribution < 1.29 is 0 Å². The average Bonchev–Trinajstić information content (AvgIpc) is 2.77. The van der Waals surface area contributed by atoms with Crippen molar-refractivity contribution in [2.75, 3.05) is 26.2 Å². The predicted molar refractivity (Wildman–Crippen MR) is 76.1 cm³/mol. The molecule has 102 valence electrons. The molecule has 0 amide bonds. The molecule has 1 rings (SSSR count). The molecule has 0 saturated carbocycles. The lowest BCUT2D eigenvalue weighted by atomic mass is 9.95. The van der Waals surface area contributed by atoms with E-state index >= 15 is 0 Å². The number of nitrogens with two attached hydrogens (primary N) is 1. The van der Waals surface area contributed by atoms with Gasteiger partial charge in [-0.25, -0.2) is 0 Å². The molecule has 1 fully saturated rings. The zero-order valence-corrected chi connectivity index (χ0v) is 12.1. The molecule has 2 unspecified atom stereocenters. The van der Waals surface area contributed by atoms with Gasteiger partial charge in [0.1, 0.15) is 0 Å². The van der Waals surface area contributed by atoms with Gasteiger partial charge in [-0.3, -0.25) is 0 Å². The molecule has 0 spiro atoms. The first kappa shape index (κ1) is 15.0. The van der Waals surface area contributed by atoms with E-state index in [1.165, 1.54) is 51.7 Å². The van der Waals surface area contributed by atoms with Crippen LogP contribution in [0.1, 0.15) is 52.9 Å². The SMILES string of the molecule is CCC(CCN)CCCN1CCC(C(C)C)C1. The maximum absolute atomic E-state index is 5.64. The van der Waals surface area contributed by atoms with Crippen molar-refractivity contribution >= 4 is 0 Å². The van der Waals surface area contributed by atoms with Crippen LogP contribution in [0.2, 0.25) is 0 Å². The number of rotatable bonds is 8. The first-order valence-electron chi connectivity index (χ1n) is 7.59. The molecule has 1 saturated heterocycles. The minimum absolute atomic E-state index is 0.859. The summed E-state index contributed by atoms with van der Waals surface area (Å²) in [6.07, 6.45) is 6.66. The summed E-state index contributed by atoms with van der Waals surface area (Å²) < 4.78 is 0. The molecule has 17 heavy (non-hydrogen) atoms. The summed E-state index contributed by atoms with van der Waals surface area (Å²) >= 11 is 0. The van der Waals surface area contributed by atoms with Crippen LogP contribution in [0.3, 0.4) is 0 Å². The Labute approximate surface area is 108 Å². The molecule has 1 heterocycles. The maximum atomic E-state index is 5.64. The second kappa shape index (κ2) is 8.10. The molecule has 0 aliphatic carbocycles. The first-order valence-corrected chi connectivity index (χ1v) is 7.59. The molecule has 0 aromatic carbocycles. The van der Waals surface area contributed by atoms with Gasteiger partial charge in [0.05, 0.1) is 0 Å². The lowest BCUT2D eigenvalue weighted by molar-refractivity contribution is 0.285. The van der Waals surface area contributed by atoms with Gasteiger partial charge >= 0.3 is 0 Å². The molecule has 0 bridgehead atoms. The van der Waals surface area contributed by atoms with Crippen LogP contribution in [-0.2, 0) is 0 Å². The Bertz CT molecular complexity index is 191. The summed E-state index contributed by atoms with van der Waals surface area (Å²) in [5.74, 6) is 2.67. The zero-order valence-electron chi connectivity index (χ0n) is 12.1. The summed E-state index contributed by atoms with van der Waals surface area (Å²) in [6.45, 7) is 11.9. The Morgan fingerprint density at radius 1 is 1.29 bits per heavy atom. The maximum Gasteiger partial charge on any atom is 0.00126 e. The fourth-order valence-corrected chi connectivity index (χ4v) is 3.00. The van der Waals surface area contributed by atoms with Crippen molar-refractivity contribution in [3.8, 4) is 0 Å². The quantitative estimate of drug-likeness (QED) is 0.706. The van der Waals surface area contributed by atoms with Gasteiger partial charge < -0.3 is 10.6 Å². The van der Waals surface area contributed by atoms with Crippen molar-refractivity contribution in [1.82, 2.24) is 4.90 Å². The van der Waals surface area contributed by atoms with Crippen LogP contribution < -0.4 is 5.73 Å². The van der Waals surface area contributed by atoms with Crippen LogP contribution in [0, 0.1) is 17.8 Å². The minimum Gasteiger partial charge on any atom is -0.330 e. The third-order valence-corrected chi connectivity index (χ3v) is 4.49. The van der Waals surface area contributed by atoms with Gasteiger partial charge in [0, 0.05) is 6.54 Å².